The van der Waals surface area contributed by atoms with Gasteiger partial charge in [-0.05, 0) is 48.4 Å². The average molecular weight is 413 g/mol. The van der Waals surface area contributed by atoms with Crippen molar-refractivity contribution in [1.82, 2.24) is 5.32 Å². The summed E-state index contributed by atoms with van der Waals surface area (Å²) in [6, 6.07) is 11.5. The molecule has 2 N–H and O–H groups in total. The van der Waals surface area contributed by atoms with E-state index in [1.165, 1.54) is 6.08 Å². The van der Waals surface area contributed by atoms with Gasteiger partial charge in [0.25, 0.3) is 0 Å². The van der Waals surface area contributed by atoms with E-state index in [9.17, 15) is 13.2 Å². The Hall–Kier alpha value is -2.02. The van der Waals surface area contributed by atoms with Crippen LogP contribution in [-0.2, 0) is 14.8 Å². The maximum atomic E-state index is 12.2. The predicted molar refractivity (Wildman–Crippen MR) is 107 cm³/mol. The number of nitrogens with one attached hydrogen (secondary N) is 2. The van der Waals surface area contributed by atoms with Gasteiger partial charge < -0.3 is 5.32 Å². The van der Waals surface area contributed by atoms with Crippen LogP contribution in [0.5, 0.6) is 0 Å². The smallest absolute Gasteiger partial charge is 0.244 e. The minimum Gasteiger partial charge on any atom is -0.346 e. The van der Waals surface area contributed by atoms with E-state index < -0.39 is 16.1 Å². The molecule has 0 spiro atoms. The molecule has 1 atom stereocenters. The van der Waals surface area contributed by atoms with Crippen LogP contribution in [-0.4, -0.2) is 20.6 Å². The van der Waals surface area contributed by atoms with Gasteiger partial charge in [-0.15, -0.1) is 0 Å². The first-order valence-corrected chi connectivity index (χ1v) is 10.3. The van der Waals surface area contributed by atoms with E-state index in [-0.39, 0.29) is 5.91 Å². The van der Waals surface area contributed by atoms with E-state index in [0.29, 0.717) is 26.9 Å². The largest absolute Gasteiger partial charge is 0.346 e. The lowest BCUT2D eigenvalue weighted by Gasteiger charge is -2.17. The van der Waals surface area contributed by atoms with Gasteiger partial charge in [0.2, 0.25) is 15.9 Å². The second-order valence-corrected chi connectivity index (χ2v) is 8.35. The Morgan fingerprint density at radius 3 is 2.35 bits per heavy atom. The van der Waals surface area contributed by atoms with Crippen molar-refractivity contribution in [3.63, 3.8) is 0 Å². The summed E-state index contributed by atoms with van der Waals surface area (Å²) in [6.07, 6.45) is 4.04. The van der Waals surface area contributed by atoms with Gasteiger partial charge in [-0.3, -0.25) is 9.52 Å². The van der Waals surface area contributed by atoms with Crippen LogP contribution in [0.3, 0.4) is 0 Å². The second kappa shape index (κ2) is 8.58. The fourth-order valence-corrected chi connectivity index (χ4v) is 3.48. The third kappa shape index (κ3) is 6.37. The number of hydrogen-bond donors (Lipinski definition) is 2. The lowest BCUT2D eigenvalue weighted by atomic mass is 10.1. The summed E-state index contributed by atoms with van der Waals surface area (Å²) < 4.78 is 25.4. The first kappa shape index (κ1) is 20.3. The predicted octanol–water partition coefficient (Wildman–Crippen LogP) is 4.26. The van der Waals surface area contributed by atoms with Gasteiger partial charge in [0.1, 0.15) is 0 Å². The minimum absolute atomic E-state index is 0.331. The highest BCUT2D eigenvalue weighted by molar-refractivity contribution is 7.92. The van der Waals surface area contributed by atoms with Gasteiger partial charge in [0.15, 0.2) is 0 Å². The van der Waals surface area contributed by atoms with Gasteiger partial charge in [-0.2, -0.15) is 0 Å². The molecule has 2 aromatic rings. The molecule has 8 heteroatoms. The molecule has 0 bridgehead atoms. The van der Waals surface area contributed by atoms with Crippen molar-refractivity contribution in [3.05, 3.63) is 69.7 Å². The number of para-hydroxylation sites is 1. The van der Waals surface area contributed by atoms with Crippen molar-refractivity contribution >= 4 is 50.9 Å². The zero-order chi connectivity index (χ0) is 19.3. The minimum atomic E-state index is -3.42. The van der Waals surface area contributed by atoms with E-state index in [2.05, 4.69) is 10.0 Å². The summed E-state index contributed by atoms with van der Waals surface area (Å²) in [5.74, 6) is -0.331. The highest BCUT2D eigenvalue weighted by Crippen LogP contribution is 2.23. The van der Waals surface area contributed by atoms with Crippen LogP contribution in [0, 0.1) is 0 Å². The van der Waals surface area contributed by atoms with Crippen LogP contribution in [0.2, 0.25) is 10.0 Å². The van der Waals surface area contributed by atoms with Crippen molar-refractivity contribution in [2.75, 3.05) is 11.0 Å². The van der Waals surface area contributed by atoms with E-state index >= 15 is 0 Å². The van der Waals surface area contributed by atoms with Crippen molar-refractivity contribution in [2.45, 2.75) is 13.0 Å². The molecule has 2 aromatic carbocycles. The number of anilines is 1. The van der Waals surface area contributed by atoms with Crippen LogP contribution >= 0.6 is 23.2 Å². The summed E-state index contributed by atoms with van der Waals surface area (Å²) >= 11 is 11.9. The molecule has 0 radical (unpaired) electrons. The average Bonchev–Trinajstić information content (AvgIpc) is 2.51. The fourth-order valence-electron chi connectivity index (χ4n) is 2.35. The molecule has 5 nitrogen and oxygen atoms in total. The van der Waals surface area contributed by atoms with Gasteiger partial charge in [-0.1, -0.05) is 41.4 Å². The van der Waals surface area contributed by atoms with Crippen molar-refractivity contribution in [2.24, 2.45) is 0 Å². The van der Waals surface area contributed by atoms with Crippen molar-refractivity contribution in [1.29, 1.82) is 0 Å². The summed E-state index contributed by atoms with van der Waals surface area (Å²) in [4.78, 5) is 12.2. The first-order valence-electron chi connectivity index (χ1n) is 7.65. The maximum Gasteiger partial charge on any atom is 0.244 e. The summed E-state index contributed by atoms with van der Waals surface area (Å²) in [7, 11) is -3.42. The fraction of sp³-hybridized carbons (Fsp3) is 0.167. The normalized spacial score (nSPS) is 12.8. The number of sulfonamides is 1. The van der Waals surface area contributed by atoms with E-state index in [0.717, 1.165) is 6.26 Å². The Morgan fingerprint density at radius 2 is 1.73 bits per heavy atom. The Kier molecular flexibility index (Phi) is 6.69. The number of benzene rings is 2. The zero-order valence-electron chi connectivity index (χ0n) is 14.2. The number of amides is 1. The van der Waals surface area contributed by atoms with Crippen LogP contribution in [0.4, 0.5) is 5.69 Å². The molecule has 1 unspecified atom stereocenters. The number of hydrogen-bond acceptors (Lipinski definition) is 3. The molecule has 0 saturated heterocycles. The van der Waals surface area contributed by atoms with Crippen molar-refractivity contribution < 1.29 is 13.2 Å². The van der Waals surface area contributed by atoms with Crippen LogP contribution in [0.25, 0.3) is 6.08 Å². The Morgan fingerprint density at radius 1 is 1.12 bits per heavy atom. The van der Waals surface area contributed by atoms with E-state index in [1.807, 2.05) is 0 Å². The Bertz CT molecular complexity index is 923. The topological polar surface area (TPSA) is 75.3 Å². The number of halogens is 2. The quantitative estimate of drug-likeness (QED) is 0.695. The van der Waals surface area contributed by atoms with Gasteiger partial charge in [0, 0.05) is 16.1 Å². The molecule has 0 aliphatic heterocycles. The zero-order valence-corrected chi connectivity index (χ0v) is 16.5. The Labute approximate surface area is 163 Å². The van der Waals surface area contributed by atoms with Gasteiger partial charge in [-0.25, -0.2) is 8.42 Å². The summed E-state index contributed by atoms with van der Waals surface area (Å²) in [5.41, 5.74) is 1.78. The van der Waals surface area contributed by atoms with Crippen LogP contribution in [0.1, 0.15) is 24.1 Å². The van der Waals surface area contributed by atoms with Crippen LogP contribution in [0.15, 0.2) is 48.5 Å². The lowest BCUT2D eigenvalue weighted by molar-refractivity contribution is -0.117. The Balaban J connectivity index is 2.11. The molecule has 2 rings (SSSR count). The second-order valence-electron chi connectivity index (χ2n) is 5.73. The molecule has 1 amide bonds. The molecule has 0 saturated carbocycles. The number of carbonyl (C=O) groups is 1. The monoisotopic (exact) mass is 412 g/mol. The molecular weight excluding hydrogens is 395 g/mol. The highest BCUT2D eigenvalue weighted by atomic mass is 35.5. The SMILES string of the molecule is CC(NC(=O)/C=C/c1cc(Cl)cc(Cl)c1)c1ccccc1NS(C)(=O)=O. The van der Waals surface area contributed by atoms with Gasteiger partial charge in [0.05, 0.1) is 18.0 Å². The standard InChI is InChI=1S/C18H18Cl2N2O3S/c1-12(16-5-3-4-6-17(16)22-26(2,24)25)21-18(23)8-7-13-9-14(19)11-15(20)10-13/h3-12,22H,1-2H3,(H,21,23)/b8-7+. The molecule has 0 heterocycles. The molecule has 138 valence electrons. The molecule has 0 aromatic heterocycles. The molecular formula is C18H18Cl2N2O3S. The third-order valence-corrected chi connectivity index (χ3v) is 4.42. The van der Waals surface area contributed by atoms with Gasteiger partial charge >= 0.3 is 0 Å². The van der Waals surface area contributed by atoms with Crippen molar-refractivity contribution in [3.8, 4) is 0 Å². The lowest BCUT2D eigenvalue weighted by Crippen LogP contribution is -2.25. The third-order valence-electron chi connectivity index (χ3n) is 3.39. The number of carbonyl (C=O) groups excluding carboxylic acids is 1. The molecule has 0 aliphatic rings. The first-order chi connectivity index (χ1) is 12.1. The van der Waals surface area contributed by atoms with Crippen LogP contribution < -0.4 is 10.0 Å². The molecule has 26 heavy (non-hydrogen) atoms. The summed E-state index contributed by atoms with van der Waals surface area (Å²) in [5, 5.41) is 3.75. The molecule has 0 fully saturated rings. The van der Waals surface area contributed by atoms with E-state index in [1.54, 1.807) is 55.5 Å². The summed E-state index contributed by atoms with van der Waals surface area (Å²) in [6.45, 7) is 1.77. The molecule has 0 aliphatic carbocycles. The van der Waals surface area contributed by atoms with E-state index in [4.69, 9.17) is 23.2 Å². The maximum absolute atomic E-state index is 12.2. The highest BCUT2D eigenvalue weighted by Gasteiger charge is 2.14. The number of rotatable bonds is 6.